The second-order valence-electron chi connectivity index (χ2n) is 9.99. The van der Waals surface area contributed by atoms with Crippen LogP contribution in [0.5, 0.6) is 11.5 Å². The van der Waals surface area contributed by atoms with Crippen molar-refractivity contribution in [2.75, 3.05) is 13.1 Å². The van der Waals surface area contributed by atoms with Crippen molar-refractivity contribution in [2.24, 2.45) is 0 Å². The molecular formula is C29H39N3O6. The number of carbonyl (C=O) groups excluding carboxylic acids is 3. The number of benzene rings is 2. The molecule has 3 amide bonds. The summed E-state index contributed by atoms with van der Waals surface area (Å²) < 4.78 is 5.40. The maximum Gasteiger partial charge on any atom is 0.408 e. The Labute approximate surface area is 224 Å². The maximum absolute atomic E-state index is 14.1. The summed E-state index contributed by atoms with van der Waals surface area (Å²) in [5, 5.41) is 25.3. The second kappa shape index (κ2) is 14.1. The van der Waals surface area contributed by atoms with Crippen LogP contribution in [0.25, 0.3) is 0 Å². The number of alkyl carbamates (subject to hydrolysis) is 1. The fraction of sp³-hybridized carbons (Fsp3) is 0.414. The summed E-state index contributed by atoms with van der Waals surface area (Å²) in [4.78, 5) is 41.5. The molecule has 0 spiro atoms. The highest BCUT2D eigenvalue weighted by Gasteiger charge is 2.36. The number of nitrogens with zero attached hydrogens (tertiary/aromatic N) is 1. The van der Waals surface area contributed by atoms with Crippen molar-refractivity contribution in [3.8, 4) is 11.5 Å². The zero-order chi connectivity index (χ0) is 28.3. The summed E-state index contributed by atoms with van der Waals surface area (Å²) in [5.74, 6) is -0.937. The van der Waals surface area contributed by atoms with E-state index in [4.69, 9.17) is 4.74 Å². The fourth-order valence-electron chi connectivity index (χ4n) is 3.83. The van der Waals surface area contributed by atoms with Gasteiger partial charge in [-0.05, 0) is 62.6 Å². The summed E-state index contributed by atoms with van der Waals surface area (Å²) in [7, 11) is 0. The van der Waals surface area contributed by atoms with E-state index < -0.39 is 35.6 Å². The molecule has 0 aliphatic heterocycles. The van der Waals surface area contributed by atoms with Gasteiger partial charge in [0, 0.05) is 19.5 Å². The highest BCUT2D eigenvalue weighted by molar-refractivity contribution is 5.92. The Morgan fingerprint density at radius 1 is 1.08 bits per heavy atom. The highest BCUT2D eigenvalue weighted by atomic mass is 16.6. The smallest absolute Gasteiger partial charge is 0.408 e. The average Bonchev–Trinajstić information content (AvgIpc) is 2.83. The molecule has 0 radical (unpaired) electrons. The molecule has 0 bridgehead atoms. The van der Waals surface area contributed by atoms with Crippen molar-refractivity contribution in [2.45, 2.75) is 64.6 Å². The first-order valence-electron chi connectivity index (χ1n) is 12.7. The Kier molecular flexibility index (Phi) is 11.2. The molecule has 9 heteroatoms. The lowest BCUT2D eigenvalue weighted by atomic mass is 10.00. The molecule has 0 saturated heterocycles. The van der Waals surface area contributed by atoms with Crippen LogP contribution in [-0.4, -0.2) is 57.8 Å². The minimum absolute atomic E-state index is 0.00241. The van der Waals surface area contributed by atoms with Crippen LogP contribution in [0.2, 0.25) is 0 Å². The Bertz CT molecular complexity index is 1090. The van der Waals surface area contributed by atoms with Crippen molar-refractivity contribution in [3.63, 3.8) is 0 Å². The normalized spacial score (nSPS) is 12.6. The third-order valence-corrected chi connectivity index (χ3v) is 5.55. The van der Waals surface area contributed by atoms with Gasteiger partial charge >= 0.3 is 6.09 Å². The highest BCUT2D eigenvalue weighted by Crippen LogP contribution is 2.26. The first kappa shape index (κ1) is 30.2. The minimum Gasteiger partial charge on any atom is -0.508 e. The molecule has 4 N–H and O–H groups in total. The van der Waals surface area contributed by atoms with Crippen molar-refractivity contribution >= 4 is 17.9 Å². The van der Waals surface area contributed by atoms with E-state index in [0.29, 0.717) is 17.7 Å². The van der Waals surface area contributed by atoms with E-state index in [1.807, 2.05) is 6.92 Å². The summed E-state index contributed by atoms with van der Waals surface area (Å²) in [6.07, 6.45) is 2.43. The molecule has 2 aromatic rings. The largest absolute Gasteiger partial charge is 0.508 e. The molecule has 9 nitrogen and oxygen atoms in total. The van der Waals surface area contributed by atoms with E-state index in [9.17, 15) is 24.6 Å². The Hall–Kier alpha value is -4.01. The predicted octanol–water partition coefficient (Wildman–Crippen LogP) is 4.21. The topological polar surface area (TPSA) is 128 Å². The van der Waals surface area contributed by atoms with Crippen LogP contribution in [0.3, 0.4) is 0 Å². The number of hydrogen-bond acceptors (Lipinski definition) is 6. The SMILES string of the molecule is C=CCN(C(=O)C(Cc1ccc(O)cc1)NC(=O)OC(C)(C)C)C(C(=O)NCCCC)c1cccc(O)c1. The van der Waals surface area contributed by atoms with Gasteiger partial charge in [0.15, 0.2) is 0 Å². The molecule has 38 heavy (non-hydrogen) atoms. The van der Waals surface area contributed by atoms with Gasteiger partial charge in [0.2, 0.25) is 11.8 Å². The third-order valence-electron chi connectivity index (χ3n) is 5.55. The van der Waals surface area contributed by atoms with Crippen molar-refractivity contribution in [1.29, 1.82) is 0 Å². The molecule has 0 aliphatic rings. The number of nitrogens with one attached hydrogen (secondary N) is 2. The second-order valence-corrected chi connectivity index (χ2v) is 9.99. The van der Waals surface area contributed by atoms with E-state index in [-0.39, 0.29) is 24.5 Å². The van der Waals surface area contributed by atoms with Gasteiger partial charge in [-0.15, -0.1) is 6.58 Å². The molecule has 206 valence electrons. The lowest BCUT2D eigenvalue weighted by molar-refractivity contribution is -0.141. The van der Waals surface area contributed by atoms with Gasteiger partial charge in [-0.3, -0.25) is 9.59 Å². The molecule has 2 unspecified atom stereocenters. The Morgan fingerprint density at radius 2 is 1.76 bits per heavy atom. The number of amides is 3. The van der Waals surface area contributed by atoms with Gasteiger partial charge in [0.05, 0.1) is 0 Å². The summed E-state index contributed by atoms with van der Waals surface area (Å²) in [6.45, 7) is 11.3. The lowest BCUT2D eigenvalue weighted by Crippen LogP contribution is -2.53. The summed E-state index contributed by atoms with van der Waals surface area (Å²) in [5.41, 5.74) is 0.298. The number of aromatic hydroxyl groups is 2. The number of phenols is 2. The van der Waals surface area contributed by atoms with Crippen LogP contribution in [0.15, 0.2) is 61.2 Å². The summed E-state index contributed by atoms with van der Waals surface area (Å²) >= 11 is 0. The zero-order valence-electron chi connectivity index (χ0n) is 22.6. The van der Waals surface area contributed by atoms with E-state index >= 15 is 0 Å². The zero-order valence-corrected chi connectivity index (χ0v) is 22.6. The van der Waals surface area contributed by atoms with Gasteiger partial charge < -0.3 is 30.5 Å². The molecule has 0 aliphatic carbocycles. The van der Waals surface area contributed by atoms with Crippen molar-refractivity contribution in [3.05, 3.63) is 72.3 Å². The number of ether oxygens (including phenoxy) is 1. The molecule has 2 atom stereocenters. The standard InChI is InChI=1S/C29H39N3O6/c1-6-8-16-30-26(35)25(21-10-9-11-23(34)19-21)32(17-7-2)27(36)24(31-28(37)38-29(3,4)5)18-20-12-14-22(33)15-13-20/h7,9-15,19,24-25,33-34H,2,6,8,16-18H2,1,3-5H3,(H,30,35)(H,31,37). The van der Waals surface area contributed by atoms with Crippen molar-refractivity contribution in [1.82, 2.24) is 15.5 Å². The molecule has 2 rings (SSSR count). The molecule has 0 fully saturated rings. The minimum atomic E-state index is -1.10. The summed E-state index contributed by atoms with van der Waals surface area (Å²) in [6, 6.07) is 10.2. The van der Waals surface area contributed by atoms with E-state index in [2.05, 4.69) is 17.2 Å². The van der Waals surface area contributed by atoms with Crippen LogP contribution in [-0.2, 0) is 20.7 Å². The third kappa shape index (κ3) is 9.46. The lowest BCUT2D eigenvalue weighted by Gasteiger charge is -2.34. The van der Waals surface area contributed by atoms with Crippen LogP contribution < -0.4 is 10.6 Å². The van der Waals surface area contributed by atoms with Crippen LogP contribution in [0.4, 0.5) is 4.79 Å². The van der Waals surface area contributed by atoms with Crippen LogP contribution in [0.1, 0.15) is 57.7 Å². The van der Waals surface area contributed by atoms with Gasteiger partial charge in [0.25, 0.3) is 0 Å². The molecule has 0 heterocycles. The number of phenolic OH excluding ortho intramolecular Hbond substituents is 2. The number of rotatable bonds is 12. The average molecular weight is 526 g/mol. The van der Waals surface area contributed by atoms with Gasteiger partial charge in [-0.25, -0.2) is 4.79 Å². The van der Waals surface area contributed by atoms with Crippen LogP contribution in [0, 0.1) is 0 Å². The Balaban J connectivity index is 2.50. The van der Waals surface area contributed by atoms with E-state index in [0.717, 1.165) is 12.8 Å². The predicted molar refractivity (Wildman–Crippen MR) is 146 cm³/mol. The van der Waals surface area contributed by atoms with Crippen molar-refractivity contribution < 1.29 is 29.3 Å². The molecule has 2 aromatic carbocycles. The van der Waals surface area contributed by atoms with Crippen LogP contribution >= 0.6 is 0 Å². The monoisotopic (exact) mass is 525 g/mol. The number of hydrogen-bond donors (Lipinski definition) is 4. The first-order chi connectivity index (χ1) is 17.9. The van der Waals surface area contributed by atoms with Gasteiger partial charge in [-0.2, -0.15) is 0 Å². The number of carbonyl (C=O) groups is 3. The maximum atomic E-state index is 14.1. The van der Waals surface area contributed by atoms with E-state index in [1.54, 1.807) is 45.0 Å². The van der Waals surface area contributed by atoms with Gasteiger partial charge in [0.1, 0.15) is 29.2 Å². The van der Waals surface area contributed by atoms with Gasteiger partial charge in [-0.1, -0.05) is 43.7 Å². The first-order valence-corrected chi connectivity index (χ1v) is 12.7. The molecular weight excluding hydrogens is 486 g/mol. The fourth-order valence-corrected chi connectivity index (χ4v) is 3.83. The Morgan fingerprint density at radius 3 is 2.34 bits per heavy atom. The number of unbranched alkanes of at least 4 members (excludes halogenated alkanes) is 1. The molecule has 0 saturated carbocycles. The quantitative estimate of drug-likeness (QED) is 0.243. The van der Waals surface area contributed by atoms with E-state index in [1.165, 1.54) is 35.2 Å². The molecule has 0 aromatic heterocycles.